The summed E-state index contributed by atoms with van der Waals surface area (Å²) in [6.07, 6.45) is 1.01. The van der Waals surface area contributed by atoms with Crippen LogP contribution in [-0.4, -0.2) is 34.4 Å². The highest BCUT2D eigenvalue weighted by Crippen LogP contribution is 2.28. The number of carbonyl (C=O) groups is 1. The lowest BCUT2D eigenvalue weighted by molar-refractivity contribution is -0.116. The molecule has 0 radical (unpaired) electrons. The Morgan fingerprint density at radius 1 is 1.09 bits per heavy atom. The molecule has 4 rings (SSSR count). The number of aryl methyl sites for hydroxylation is 2. The van der Waals surface area contributed by atoms with E-state index >= 15 is 0 Å². The Morgan fingerprint density at radius 2 is 1.82 bits per heavy atom. The number of anilines is 1. The molecular weight excluding hydrogens is 436 g/mol. The maximum Gasteiger partial charge on any atom is 0.225 e. The molecule has 8 heteroatoms. The van der Waals surface area contributed by atoms with Crippen LogP contribution in [0.3, 0.4) is 0 Å². The lowest BCUT2D eigenvalue weighted by Crippen LogP contribution is -2.15. The smallest absolute Gasteiger partial charge is 0.225 e. The number of nitrogens with zero attached hydrogens (tertiary/aromatic N) is 3. The van der Waals surface area contributed by atoms with E-state index < -0.39 is 0 Å². The second kappa shape index (κ2) is 10.3. The summed E-state index contributed by atoms with van der Waals surface area (Å²) in [4.78, 5) is 17.3. The van der Waals surface area contributed by atoms with Gasteiger partial charge in [-0.1, -0.05) is 12.1 Å². The minimum absolute atomic E-state index is 0.0738. The molecule has 0 aliphatic carbocycles. The van der Waals surface area contributed by atoms with Gasteiger partial charge in [-0.05, 0) is 62.2 Å². The molecule has 0 aliphatic heterocycles. The van der Waals surface area contributed by atoms with E-state index in [2.05, 4.69) is 10.4 Å². The van der Waals surface area contributed by atoms with Gasteiger partial charge in [0.15, 0.2) is 0 Å². The first-order valence-electron chi connectivity index (χ1n) is 10.7. The van der Waals surface area contributed by atoms with Crippen molar-refractivity contribution in [1.29, 1.82) is 0 Å². The molecule has 2 aromatic heterocycles. The van der Waals surface area contributed by atoms with Gasteiger partial charge in [0, 0.05) is 23.4 Å². The van der Waals surface area contributed by atoms with Gasteiger partial charge in [-0.15, -0.1) is 11.3 Å². The summed E-state index contributed by atoms with van der Waals surface area (Å²) in [6.45, 7) is 4.49. The third kappa shape index (κ3) is 5.59. The molecule has 2 aromatic carbocycles. The summed E-state index contributed by atoms with van der Waals surface area (Å²) < 4.78 is 12.4. The van der Waals surface area contributed by atoms with Gasteiger partial charge < -0.3 is 14.8 Å². The van der Waals surface area contributed by atoms with Crippen molar-refractivity contribution in [3.63, 3.8) is 0 Å². The van der Waals surface area contributed by atoms with Crippen LogP contribution in [0.2, 0.25) is 0 Å². The molecule has 33 heavy (non-hydrogen) atoms. The van der Waals surface area contributed by atoms with E-state index in [1.807, 2.05) is 73.8 Å². The second-order valence-corrected chi connectivity index (χ2v) is 8.29. The van der Waals surface area contributed by atoms with Crippen LogP contribution in [0, 0.1) is 6.92 Å². The van der Waals surface area contributed by atoms with E-state index in [0.717, 1.165) is 34.0 Å². The molecule has 4 aromatic rings. The molecule has 0 bridgehead atoms. The number of hydrogen-bond donors (Lipinski definition) is 1. The molecular formula is C25H26N4O3S. The van der Waals surface area contributed by atoms with Gasteiger partial charge >= 0.3 is 0 Å². The highest BCUT2D eigenvalue weighted by Gasteiger charge is 2.15. The summed E-state index contributed by atoms with van der Waals surface area (Å²) >= 11 is 1.48. The topological polar surface area (TPSA) is 78.3 Å². The van der Waals surface area contributed by atoms with Crippen LogP contribution in [0.25, 0.3) is 16.4 Å². The van der Waals surface area contributed by atoms with Gasteiger partial charge in [-0.25, -0.2) is 4.98 Å². The number of nitrogens with one attached hydrogen (secondary N) is 1. The van der Waals surface area contributed by atoms with Crippen LogP contribution in [0.5, 0.6) is 11.5 Å². The molecule has 170 valence electrons. The van der Waals surface area contributed by atoms with E-state index in [-0.39, 0.29) is 5.91 Å². The third-order valence-electron chi connectivity index (χ3n) is 5.03. The average molecular weight is 463 g/mol. The molecule has 0 spiro atoms. The molecule has 0 fully saturated rings. The predicted molar refractivity (Wildman–Crippen MR) is 131 cm³/mol. The fourth-order valence-electron chi connectivity index (χ4n) is 3.37. The van der Waals surface area contributed by atoms with Crippen LogP contribution in [-0.2, 0) is 11.2 Å². The Balaban J connectivity index is 1.44. The Labute approximate surface area is 197 Å². The Kier molecular flexibility index (Phi) is 7.04. The number of amides is 1. The lowest BCUT2D eigenvalue weighted by Gasteiger charge is -2.07. The van der Waals surface area contributed by atoms with Gasteiger partial charge in [0.05, 0.1) is 25.1 Å². The highest BCUT2D eigenvalue weighted by molar-refractivity contribution is 7.12. The summed E-state index contributed by atoms with van der Waals surface area (Å²) in [6, 6.07) is 17.4. The fraction of sp³-hybridized carbons (Fsp3) is 0.240. The lowest BCUT2D eigenvalue weighted by atomic mass is 10.1. The van der Waals surface area contributed by atoms with Gasteiger partial charge in [0.2, 0.25) is 11.0 Å². The van der Waals surface area contributed by atoms with Crippen molar-refractivity contribution in [1.82, 2.24) is 14.8 Å². The van der Waals surface area contributed by atoms with Crippen molar-refractivity contribution in [2.24, 2.45) is 0 Å². The molecule has 0 atom stereocenters. The summed E-state index contributed by atoms with van der Waals surface area (Å²) in [5, 5.41) is 10.2. The van der Waals surface area contributed by atoms with Crippen molar-refractivity contribution in [3.05, 3.63) is 71.2 Å². The van der Waals surface area contributed by atoms with E-state index in [4.69, 9.17) is 14.5 Å². The van der Waals surface area contributed by atoms with Gasteiger partial charge in [0.25, 0.3) is 0 Å². The molecule has 7 nitrogen and oxygen atoms in total. The van der Waals surface area contributed by atoms with Crippen molar-refractivity contribution in [2.75, 3.05) is 19.0 Å². The zero-order chi connectivity index (χ0) is 23.2. The van der Waals surface area contributed by atoms with Crippen molar-refractivity contribution < 1.29 is 14.3 Å². The maximum absolute atomic E-state index is 12.6. The van der Waals surface area contributed by atoms with Crippen molar-refractivity contribution in [3.8, 4) is 27.9 Å². The normalized spacial score (nSPS) is 10.8. The Bertz CT molecular complexity index is 1210. The monoisotopic (exact) mass is 462 g/mol. The summed E-state index contributed by atoms with van der Waals surface area (Å²) in [5.41, 5.74) is 3.73. The molecule has 0 aliphatic rings. The minimum atomic E-state index is -0.0738. The van der Waals surface area contributed by atoms with Crippen LogP contribution in [0.1, 0.15) is 24.6 Å². The van der Waals surface area contributed by atoms with Gasteiger partial charge in [0.1, 0.15) is 17.3 Å². The number of thiazole rings is 1. The quantitative estimate of drug-likeness (QED) is 0.366. The Morgan fingerprint density at radius 3 is 2.52 bits per heavy atom. The van der Waals surface area contributed by atoms with Gasteiger partial charge in [-0.3, -0.25) is 4.79 Å². The first-order chi connectivity index (χ1) is 16.1. The first kappa shape index (κ1) is 22.5. The number of hydrogen-bond acceptors (Lipinski definition) is 6. The van der Waals surface area contributed by atoms with E-state index in [1.165, 1.54) is 11.3 Å². The Hall–Kier alpha value is -3.65. The number of methoxy groups -OCH3 is 1. The van der Waals surface area contributed by atoms with Crippen LogP contribution >= 0.6 is 11.3 Å². The van der Waals surface area contributed by atoms with Crippen LogP contribution in [0.4, 0.5) is 5.82 Å². The number of ether oxygens (including phenoxy) is 2. The predicted octanol–water partition coefficient (Wildman–Crippen LogP) is 5.28. The first-order valence-corrected chi connectivity index (χ1v) is 11.6. The highest BCUT2D eigenvalue weighted by atomic mass is 32.1. The standard InChI is InChI=1S/C25H26N4O3S/c1-4-32-21-12-8-19(9-13-21)22-16-33-25(26-22)29-23(15-17(2)28-29)27-24(30)14-7-18-5-10-20(31-3)11-6-18/h5-6,8-13,15-16H,4,7,14H2,1-3H3,(H,27,30). The summed E-state index contributed by atoms with van der Waals surface area (Å²) in [7, 11) is 1.64. The average Bonchev–Trinajstić information content (AvgIpc) is 3.45. The molecule has 1 amide bonds. The molecule has 0 saturated heterocycles. The summed E-state index contributed by atoms with van der Waals surface area (Å²) in [5.74, 6) is 2.17. The van der Waals surface area contributed by atoms with Crippen LogP contribution < -0.4 is 14.8 Å². The number of aromatic nitrogens is 3. The molecule has 1 N–H and O–H groups in total. The second-order valence-electron chi connectivity index (χ2n) is 7.45. The molecule has 0 saturated carbocycles. The number of rotatable bonds is 9. The fourth-order valence-corrected chi connectivity index (χ4v) is 4.17. The zero-order valence-corrected chi connectivity index (χ0v) is 19.7. The SMILES string of the molecule is CCOc1ccc(-c2csc(-n3nc(C)cc3NC(=O)CCc3ccc(OC)cc3)n2)cc1. The van der Waals surface area contributed by atoms with Gasteiger partial charge in [-0.2, -0.15) is 9.78 Å². The number of benzene rings is 2. The minimum Gasteiger partial charge on any atom is -0.497 e. The number of carbonyl (C=O) groups excluding carboxylic acids is 1. The molecule has 2 heterocycles. The van der Waals surface area contributed by atoms with Crippen molar-refractivity contribution >= 4 is 23.1 Å². The van der Waals surface area contributed by atoms with Crippen molar-refractivity contribution in [2.45, 2.75) is 26.7 Å². The third-order valence-corrected chi connectivity index (χ3v) is 5.85. The molecule has 0 unspecified atom stereocenters. The zero-order valence-electron chi connectivity index (χ0n) is 18.9. The van der Waals surface area contributed by atoms with Crippen LogP contribution in [0.15, 0.2) is 60.0 Å². The largest absolute Gasteiger partial charge is 0.497 e. The van der Waals surface area contributed by atoms with E-state index in [9.17, 15) is 4.79 Å². The van der Waals surface area contributed by atoms with E-state index in [0.29, 0.717) is 30.4 Å². The maximum atomic E-state index is 12.6. The van der Waals surface area contributed by atoms with E-state index in [1.54, 1.807) is 11.8 Å².